The first-order valence-electron chi connectivity index (χ1n) is 12.0. The van der Waals surface area contributed by atoms with Crippen LogP contribution in [0.4, 0.5) is 0 Å². The molecule has 0 saturated carbocycles. The first-order chi connectivity index (χ1) is 16.5. The van der Waals surface area contributed by atoms with Crippen LogP contribution < -0.4 is 4.74 Å². The van der Waals surface area contributed by atoms with Crippen molar-refractivity contribution in [1.82, 2.24) is 9.91 Å². The summed E-state index contributed by atoms with van der Waals surface area (Å²) < 4.78 is 10.8. The van der Waals surface area contributed by atoms with Gasteiger partial charge in [-0.05, 0) is 51.4 Å². The van der Waals surface area contributed by atoms with Gasteiger partial charge in [-0.15, -0.1) is 0 Å². The Kier molecular flexibility index (Phi) is 7.63. The predicted molar refractivity (Wildman–Crippen MR) is 131 cm³/mol. The summed E-state index contributed by atoms with van der Waals surface area (Å²) in [5, 5.41) is 6.43. The van der Waals surface area contributed by atoms with Crippen molar-refractivity contribution >= 4 is 17.6 Å². The summed E-state index contributed by atoms with van der Waals surface area (Å²) in [5.41, 5.74) is 4.05. The number of para-hydroxylation sites is 1. The second kappa shape index (κ2) is 10.8. The molecule has 2 aliphatic rings. The molecule has 0 spiro atoms. The van der Waals surface area contributed by atoms with Gasteiger partial charge in [-0.2, -0.15) is 5.10 Å². The zero-order chi connectivity index (χ0) is 24.1. The summed E-state index contributed by atoms with van der Waals surface area (Å²) in [5.74, 6) is 0.496. The highest BCUT2D eigenvalue weighted by molar-refractivity contribution is 6.03. The smallest absolute Gasteiger partial charge is 0.309 e. The van der Waals surface area contributed by atoms with Gasteiger partial charge in [0.15, 0.2) is 0 Å². The van der Waals surface area contributed by atoms with Gasteiger partial charge in [0.25, 0.3) is 5.91 Å². The maximum Gasteiger partial charge on any atom is 0.309 e. The van der Waals surface area contributed by atoms with Crippen LogP contribution in [-0.4, -0.2) is 60.8 Å². The molecule has 1 atom stereocenters. The first-order valence-corrected chi connectivity index (χ1v) is 12.0. The number of rotatable bonds is 7. The van der Waals surface area contributed by atoms with Crippen molar-refractivity contribution in [3.05, 3.63) is 65.2 Å². The number of amides is 1. The Hall–Kier alpha value is -3.19. The summed E-state index contributed by atoms with van der Waals surface area (Å²) in [6.07, 6.45) is 2.04. The van der Waals surface area contributed by atoms with Crippen LogP contribution in [0.1, 0.15) is 48.9 Å². The van der Waals surface area contributed by atoms with E-state index in [0.717, 1.165) is 22.6 Å². The highest BCUT2D eigenvalue weighted by Gasteiger charge is 2.36. The molecule has 0 aromatic heterocycles. The van der Waals surface area contributed by atoms with Gasteiger partial charge in [0.05, 0.1) is 37.9 Å². The Morgan fingerprint density at radius 1 is 1.06 bits per heavy atom. The monoisotopic (exact) mass is 463 g/mol. The van der Waals surface area contributed by atoms with E-state index in [4.69, 9.17) is 14.6 Å². The van der Waals surface area contributed by atoms with Crippen molar-refractivity contribution in [2.45, 2.75) is 39.2 Å². The molecule has 0 bridgehead atoms. The van der Waals surface area contributed by atoms with E-state index in [1.807, 2.05) is 31.2 Å². The Morgan fingerprint density at radius 2 is 1.76 bits per heavy atom. The van der Waals surface area contributed by atoms with Gasteiger partial charge < -0.3 is 9.47 Å². The summed E-state index contributed by atoms with van der Waals surface area (Å²) in [6.45, 7) is 5.93. The fraction of sp³-hybridized carbons (Fsp3) is 0.444. The number of carbonyl (C=O) groups excluding carboxylic acids is 2. The van der Waals surface area contributed by atoms with E-state index in [0.29, 0.717) is 39.0 Å². The second-order valence-corrected chi connectivity index (χ2v) is 8.92. The van der Waals surface area contributed by atoms with Gasteiger partial charge in [0, 0.05) is 12.0 Å². The summed E-state index contributed by atoms with van der Waals surface area (Å²) in [4.78, 5) is 27.6. The van der Waals surface area contributed by atoms with Gasteiger partial charge in [0.2, 0.25) is 0 Å². The van der Waals surface area contributed by atoms with Crippen molar-refractivity contribution in [2.75, 3.05) is 33.4 Å². The average Bonchev–Trinajstić information content (AvgIpc) is 3.30. The van der Waals surface area contributed by atoms with Crippen molar-refractivity contribution < 1.29 is 19.1 Å². The fourth-order valence-electron chi connectivity index (χ4n) is 4.70. The van der Waals surface area contributed by atoms with Crippen LogP contribution >= 0.6 is 0 Å². The van der Waals surface area contributed by atoms with E-state index in [1.165, 1.54) is 5.56 Å². The number of likely N-dealkylation sites (tertiary alicyclic amines) is 1. The molecule has 0 unspecified atom stereocenters. The minimum absolute atomic E-state index is 0.0485. The number of esters is 1. The van der Waals surface area contributed by atoms with Crippen LogP contribution in [0.5, 0.6) is 5.75 Å². The number of carbonyl (C=O) groups is 2. The molecule has 1 amide bonds. The lowest BCUT2D eigenvalue weighted by molar-refractivity contribution is -0.149. The van der Waals surface area contributed by atoms with Crippen LogP contribution in [0.25, 0.3) is 0 Å². The third-order valence-electron chi connectivity index (χ3n) is 6.61. The highest BCUT2D eigenvalue weighted by atomic mass is 16.5. The Bertz CT molecular complexity index is 1040. The molecule has 2 aromatic carbocycles. The molecule has 2 aliphatic heterocycles. The summed E-state index contributed by atoms with van der Waals surface area (Å²) in [6, 6.07) is 15.8. The molecule has 0 N–H and O–H groups in total. The quantitative estimate of drug-likeness (QED) is 0.582. The maximum absolute atomic E-state index is 13.5. The van der Waals surface area contributed by atoms with Crippen molar-refractivity contribution in [3.63, 3.8) is 0 Å². The van der Waals surface area contributed by atoms with E-state index < -0.39 is 0 Å². The van der Waals surface area contributed by atoms with Crippen LogP contribution in [0.2, 0.25) is 0 Å². The standard InChI is InChI=1S/C27H33N3O4/c1-4-34-27(32)21-13-15-29(16-14-21)18-26(31)30-24(22-7-5-6-8-25(22)33-3)17-23(28-30)20-11-9-19(2)10-12-20/h5-12,21,24H,4,13-18H2,1-3H3/t24-/m0/s1. The van der Waals surface area contributed by atoms with Gasteiger partial charge >= 0.3 is 5.97 Å². The van der Waals surface area contributed by atoms with E-state index >= 15 is 0 Å². The third-order valence-corrected chi connectivity index (χ3v) is 6.61. The van der Waals surface area contributed by atoms with E-state index in [2.05, 4.69) is 36.1 Å². The van der Waals surface area contributed by atoms with Crippen molar-refractivity contribution in [2.24, 2.45) is 11.0 Å². The number of benzene rings is 2. The van der Waals surface area contributed by atoms with Crippen molar-refractivity contribution in [3.8, 4) is 5.75 Å². The average molecular weight is 464 g/mol. The number of methoxy groups -OCH3 is 1. The summed E-state index contributed by atoms with van der Waals surface area (Å²) >= 11 is 0. The molecule has 180 valence electrons. The molecule has 1 saturated heterocycles. The van der Waals surface area contributed by atoms with E-state index in [9.17, 15) is 9.59 Å². The molecule has 0 radical (unpaired) electrons. The Morgan fingerprint density at radius 3 is 2.44 bits per heavy atom. The molecule has 34 heavy (non-hydrogen) atoms. The van der Waals surface area contributed by atoms with Gasteiger partial charge in [0.1, 0.15) is 5.75 Å². The molecule has 2 aromatic rings. The lowest BCUT2D eigenvalue weighted by Crippen LogP contribution is -2.43. The number of hydrazone groups is 1. The molecular weight excluding hydrogens is 430 g/mol. The molecule has 0 aliphatic carbocycles. The topological polar surface area (TPSA) is 71.4 Å². The Labute approximate surface area is 201 Å². The molecule has 7 nitrogen and oxygen atoms in total. The predicted octanol–water partition coefficient (Wildman–Crippen LogP) is 3.96. The number of piperidine rings is 1. The minimum atomic E-state index is -0.225. The fourth-order valence-corrected chi connectivity index (χ4v) is 4.70. The minimum Gasteiger partial charge on any atom is -0.496 e. The van der Waals surface area contributed by atoms with Crippen LogP contribution in [0.3, 0.4) is 0 Å². The normalized spacial score (nSPS) is 19.1. The lowest BCUT2D eigenvalue weighted by Gasteiger charge is -2.32. The van der Waals surface area contributed by atoms with Gasteiger partial charge in [-0.25, -0.2) is 5.01 Å². The molecule has 4 rings (SSSR count). The zero-order valence-corrected chi connectivity index (χ0v) is 20.2. The van der Waals surface area contributed by atoms with Crippen LogP contribution in [0.15, 0.2) is 53.6 Å². The SMILES string of the molecule is CCOC(=O)C1CCN(CC(=O)N2N=C(c3ccc(C)cc3)C[C@H]2c2ccccc2OC)CC1. The molecule has 7 heteroatoms. The molecule has 2 heterocycles. The van der Waals surface area contributed by atoms with Crippen LogP contribution in [0, 0.1) is 12.8 Å². The largest absolute Gasteiger partial charge is 0.496 e. The van der Waals surface area contributed by atoms with Gasteiger partial charge in [-0.3, -0.25) is 14.5 Å². The Balaban J connectivity index is 1.51. The van der Waals surface area contributed by atoms with Crippen molar-refractivity contribution in [1.29, 1.82) is 0 Å². The number of hydrogen-bond donors (Lipinski definition) is 0. The van der Waals surface area contributed by atoms with Gasteiger partial charge in [-0.1, -0.05) is 48.0 Å². The first kappa shape index (κ1) is 24.0. The highest BCUT2D eigenvalue weighted by Crippen LogP contribution is 2.37. The van der Waals surface area contributed by atoms with E-state index in [1.54, 1.807) is 12.1 Å². The number of ether oxygens (including phenoxy) is 2. The third kappa shape index (κ3) is 5.30. The summed E-state index contributed by atoms with van der Waals surface area (Å²) in [7, 11) is 1.65. The number of aryl methyl sites for hydroxylation is 1. The number of hydrogen-bond acceptors (Lipinski definition) is 6. The zero-order valence-electron chi connectivity index (χ0n) is 20.2. The molecular formula is C27H33N3O4. The lowest BCUT2D eigenvalue weighted by atomic mass is 9.96. The molecule has 1 fully saturated rings. The maximum atomic E-state index is 13.5. The number of nitrogens with zero attached hydrogens (tertiary/aromatic N) is 3. The van der Waals surface area contributed by atoms with Crippen LogP contribution in [-0.2, 0) is 14.3 Å². The second-order valence-electron chi connectivity index (χ2n) is 8.92. The van der Waals surface area contributed by atoms with E-state index in [-0.39, 0.29) is 30.4 Å².